The minimum atomic E-state index is 0. The van der Waals surface area contributed by atoms with Crippen LogP contribution in [0.1, 0.15) is 20.9 Å². The molecule has 0 bridgehead atoms. The molecule has 10 heavy (non-hydrogen) atoms. The first-order valence-corrected chi connectivity index (χ1v) is 2.36. The van der Waals surface area contributed by atoms with Gasteiger partial charge in [0.05, 0.1) is 11.8 Å². The second-order valence-corrected chi connectivity index (χ2v) is 1.48. The largest absolute Gasteiger partial charge is 0.461 e. The monoisotopic (exact) mass is 188 g/mol. The summed E-state index contributed by atoms with van der Waals surface area (Å²) in [4.78, 5) is 20.0. The minimum absolute atomic E-state index is 0. The third-order valence-electron chi connectivity index (χ3n) is 0.961. The smallest absolute Gasteiger partial charge is 0.186 e. The minimum Gasteiger partial charge on any atom is -0.461 e. The van der Waals surface area contributed by atoms with Crippen LogP contribution >= 0.6 is 0 Å². The van der Waals surface area contributed by atoms with E-state index >= 15 is 0 Å². The fourth-order valence-electron chi connectivity index (χ4n) is 0.524. The van der Waals surface area contributed by atoms with Crippen LogP contribution in [0, 0.1) is 0 Å². The van der Waals surface area contributed by atoms with Gasteiger partial charge in [0.2, 0.25) is 0 Å². The summed E-state index contributed by atoms with van der Waals surface area (Å²) in [5, 5.41) is 0. The summed E-state index contributed by atoms with van der Waals surface area (Å²) in [7, 11) is 0. The van der Waals surface area contributed by atoms with E-state index in [1.165, 1.54) is 12.3 Å². The number of rotatable bonds is 2. The van der Waals surface area contributed by atoms with Crippen molar-refractivity contribution in [3.63, 3.8) is 0 Å². The van der Waals surface area contributed by atoms with E-state index < -0.39 is 0 Å². The van der Waals surface area contributed by atoms with Crippen LogP contribution in [-0.2, 0) is 19.5 Å². The molecule has 0 fully saturated rings. The van der Waals surface area contributed by atoms with Gasteiger partial charge in [0.25, 0.3) is 0 Å². The molecule has 0 atom stereocenters. The maximum atomic E-state index is 10.0. The van der Waals surface area contributed by atoms with E-state index in [2.05, 4.69) is 4.42 Å². The maximum Gasteiger partial charge on any atom is 0.186 e. The van der Waals surface area contributed by atoms with Crippen molar-refractivity contribution < 1.29 is 33.5 Å². The van der Waals surface area contributed by atoms with Gasteiger partial charge >= 0.3 is 0 Å². The molecule has 3 nitrogen and oxygen atoms in total. The summed E-state index contributed by atoms with van der Waals surface area (Å²) >= 11 is 0. The first kappa shape index (κ1) is 9.24. The van der Waals surface area contributed by atoms with E-state index in [9.17, 15) is 9.59 Å². The van der Waals surface area contributed by atoms with Gasteiger partial charge in [0.1, 0.15) is 0 Å². The van der Waals surface area contributed by atoms with Gasteiger partial charge in [0, 0.05) is 19.5 Å². The van der Waals surface area contributed by atoms with Gasteiger partial charge in [-0.3, -0.25) is 9.59 Å². The first-order valence-electron chi connectivity index (χ1n) is 2.36. The Kier molecular flexibility index (Phi) is 3.81. The quantitative estimate of drug-likeness (QED) is 0.513. The average Bonchev–Trinajstić information content (AvgIpc) is 2.33. The zero-order chi connectivity index (χ0) is 6.69. The van der Waals surface area contributed by atoms with Gasteiger partial charge in [-0.2, -0.15) is 0 Å². The maximum absolute atomic E-state index is 10.0. The van der Waals surface area contributed by atoms with Crippen molar-refractivity contribution >= 4 is 12.6 Å². The Labute approximate surface area is 70.2 Å². The number of furan rings is 1. The zero-order valence-electron chi connectivity index (χ0n) is 5.24. The molecule has 1 aromatic rings. The number of hydrogen-bond acceptors (Lipinski definition) is 3. The second kappa shape index (κ2) is 4.12. The van der Waals surface area contributed by atoms with Gasteiger partial charge in [-0.25, -0.2) is 0 Å². The molecule has 0 aliphatic heterocycles. The zero-order valence-corrected chi connectivity index (χ0v) is 8.21. The molecule has 0 spiro atoms. The van der Waals surface area contributed by atoms with Gasteiger partial charge in [-0.1, -0.05) is 0 Å². The van der Waals surface area contributed by atoms with Gasteiger partial charge in [0.15, 0.2) is 18.3 Å². The Hall–Kier alpha value is -0.757. The Morgan fingerprint density at radius 2 is 2.00 bits per heavy atom. The van der Waals surface area contributed by atoms with Crippen molar-refractivity contribution in [2.75, 3.05) is 0 Å². The van der Waals surface area contributed by atoms with Crippen LogP contribution in [0.5, 0.6) is 0 Å². The fraction of sp³-hybridized carbons (Fsp3) is 0. The molecule has 1 aromatic heterocycles. The van der Waals surface area contributed by atoms with Crippen LogP contribution in [0.25, 0.3) is 0 Å². The van der Waals surface area contributed by atoms with E-state index in [0.717, 1.165) is 0 Å². The third kappa shape index (κ3) is 1.61. The Bertz CT molecular complexity index is 206. The van der Waals surface area contributed by atoms with Crippen molar-refractivity contribution in [1.29, 1.82) is 0 Å². The summed E-state index contributed by atoms with van der Waals surface area (Å²) in [5.41, 5.74) is 0.296. The number of hydrogen-bond donors (Lipinski definition) is 0. The fourth-order valence-corrected chi connectivity index (χ4v) is 0.524. The predicted molar refractivity (Wildman–Crippen MR) is 29.5 cm³/mol. The Balaban J connectivity index is 0.000000810. The molecular weight excluding hydrogens is 185 g/mol. The third-order valence-corrected chi connectivity index (χ3v) is 0.961. The average molecular weight is 189 g/mol. The summed E-state index contributed by atoms with van der Waals surface area (Å²) in [5.74, 6) is 0.0880. The molecule has 48 valence electrons. The summed E-state index contributed by atoms with van der Waals surface area (Å²) in [6.45, 7) is 0. The number of carbonyl (C=O) groups is 2. The summed E-state index contributed by atoms with van der Waals surface area (Å²) in [6, 6.07) is 1.44. The van der Waals surface area contributed by atoms with E-state index in [4.69, 9.17) is 0 Å². The van der Waals surface area contributed by atoms with E-state index in [0.29, 0.717) is 18.1 Å². The van der Waals surface area contributed by atoms with Crippen LogP contribution in [0.3, 0.4) is 0 Å². The molecule has 4 heteroatoms. The van der Waals surface area contributed by atoms with E-state index in [-0.39, 0.29) is 25.2 Å². The van der Waals surface area contributed by atoms with Crippen molar-refractivity contribution in [2.45, 2.75) is 0 Å². The molecule has 1 heterocycles. The van der Waals surface area contributed by atoms with Crippen molar-refractivity contribution in [2.24, 2.45) is 0 Å². The standard InChI is InChI=1S/C6H4O3.Zn/c7-3-5-1-2-9-6(5)4-8;/h1-4H;. The van der Waals surface area contributed by atoms with E-state index in [1.54, 1.807) is 0 Å². The molecule has 0 N–H and O–H groups in total. The van der Waals surface area contributed by atoms with Crippen LogP contribution < -0.4 is 0 Å². The molecule has 1 rings (SSSR count). The van der Waals surface area contributed by atoms with E-state index in [1.807, 2.05) is 0 Å². The van der Waals surface area contributed by atoms with Crippen LogP contribution in [-0.4, -0.2) is 12.6 Å². The molecule has 0 amide bonds. The molecule has 0 unspecified atom stereocenters. The van der Waals surface area contributed by atoms with Gasteiger partial charge in [-0.15, -0.1) is 0 Å². The summed E-state index contributed by atoms with van der Waals surface area (Å²) < 4.78 is 4.61. The predicted octanol–water partition coefficient (Wildman–Crippen LogP) is 0.902. The van der Waals surface area contributed by atoms with Crippen LogP contribution in [0.4, 0.5) is 0 Å². The van der Waals surface area contributed by atoms with Crippen molar-refractivity contribution in [1.82, 2.24) is 0 Å². The number of carbonyl (C=O) groups excluding carboxylic acids is 2. The molecule has 0 aliphatic rings. The molecule has 0 aromatic carbocycles. The summed E-state index contributed by atoms with van der Waals surface area (Å²) in [6.07, 6.45) is 2.38. The normalized spacial score (nSPS) is 8.00. The Morgan fingerprint density at radius 3 is 2.40 bits per heavy atom. The first-order chi connectivity index (χ1) is 4.38. The topological polar surface area (TPSA) is 47.3 Å². The molecule has 0 saturated heterocycles. The molecule has 0 radical (unpaired) electrons. The second-order valence-electron chi connectivity index (χ2n) is 1.48. The van der Waals surface area contributed by atoms with Crippen LogP contribution in [0.2, 0.25) is 0 Å². The molecule has 0 saturated carbocycles. The molecular formula is C6H4O3Zn. The number of aldehydes is 2. The van der Waals surface area contributed by atoms with Gasteiger partial charge in [-0.05, 0) is 6.07 Å². The van der Waals surface area contributed by atoms with Crippen molar-refractivity contribution in [3.8, 4) is 0 Å². The Morgan fingerprint density at radius 1 is 1.30 bits per heavy atom. The van der Waals surface area contributed by atoms with Gasteiger partial charge < -0.3 is 4.42 Å². The SMILES string of the molecule is O=Cc1ccoc1C=O.[Zn]. The van der Waals surface area contributed by atoms with Crippen LogP contribution in [0.15, 0.2) is 16.7 Å². The molecule has 0 aliphatic carbocycles. The van der Waals surface area contributed by atoms with Crippen molar-refractivity contribution in [3.05, 3.63) is 23.7 Å².